The van der Waals surface area contributed by atoms with Crippen molar-refractivity contribution in [2.75, 3.05) is 42.7 Å². The molecule has 5 rings (SSSR count). The first kappa shape index (κ1) is 27.6. The van der Waals surface area contributed by atoms with Gasteiger partial charge in [-0.25, -0.2) is 14.7 Å². The summed E-state index contributed by atoms with van der Waals surface area (Å²) in [5.74, 6) is 0.869. The van der Waals surface area contributed by atoms with E-state index < -0.39 is 26.8 Å². The monoisotopic (exact) mass is 566 g/mol. The summed E-state index contributed by atoms with van der Waals surface area (Å²) in [7, 11) is -2.17. The number of benzene rings is 2. The summed E-state index contributed by atoms with van der Waals surface area (Å²) in [5.41, 5.74) is -1.20. The Morgan fingerprint density at radius 1 is 1.00 bits per heavy atom. The zero-order chi connectivity index (χ0) is 27.6. The Labute approximate surface area is 236 Å². The molecule has 0 aliphatic carbocycles. The van der Waals surface area contributed by atoms with Crippen LogP contribution in [0.2, 0.25) is 5.15 Å². The van der Waals surface area contributed by atoms with Gasteiger partial charge < -0.3 is 18.8 Å². The molecule has 1 amide bonds. The normalized spacial score (nSPS) is 20.8. The molecule has 2 aliphatic rings. The van der Waals surface area contributed by atoms with Crippen LogP contribution >= 0.6 is 11.6 Å². The Morgan fingerprint density at radius 2 is 1.59 bits per heavy atom. The maximum Gasteiger partial charge on any atom is 0.416 e. The summed E-state index contributed by atoms with van der Waals surface area (Å²) in [4.78, 5) is 26.2. The fraction of sp³-hybridized carbons (Fsp3) is 0.414. The summed E-state index contributed by atoms with van der Waals surface area (Å²) in [6.07, 6.45) is -0.871. The summed E-state index contributed by atoms with van der Waals surface area (Å²) in [6, 6.07) is 22.3. The van der Waals surface area contributed by atoms with Gasteiger partial charge in [0.15, 0.2) is 0 Å². The number of amides is 1. The van der Waals surface area contributed by atoms with Gasteiger partial charge in [-0.3, -0.25) is 0 Å². The number of ether oxygens (including phenoxy) is 2. The van der Waals surface area contributed by atoms with E-state index in [1.807, 2.05) is 48.2 Å². The number of hydrogen-bond acceptors (Lipinski definition) is 7. The highest BCUT2D eigenvalue weighted by Gasteiger charge is 2.55. The zero-order valence-electron chi connectivity index (χ0n) is 22.8. The molecule has 2 atom stereocenters. The lowest BCUT2D eigenvalue weighted by Gasteiger charge is -2.46. The van der Waals surface area contributed by atoms with Crippen LogP contribution in [-0.4, -0.2) is 69.7 Å². The number of carbonyl (C=O) groups is 1. The topological polar surface area (TPSA) is 77.0 Å². The van der Waals surface area contributed by atoms with Gasteiger partial charge in [0.1, 0.15) is 23.1 Å². The molecule has 2 aliphatic heterocycles. The Morgan fingerprint density at radius 3 is 2.15 bits per heavy atom. The van der Waals surface area contributed by atoms with Gasteiger partial charge in [0.2, 0.25) is 15.0 Å². The SMILES string of the molecule is CC(C)(C)C(O[SiH](c1ccccc1)c1ccccc1)C1(C)COC(=O)N1c1cc(Cl)nc(N2CCOCC2)n1. The van der Waals surface area contributed by atoms with Gasteiger partial charge in [0.25, 0.3) is 0 Å². The molecule has 2 unspecified atom stereocenters. The molecule has 2 aromatic carbocycles. The van der Waals surface area contributed by atoms with E-state index in [0.717, 1.165) is 10.4 Å². The number of carbonyl (C=O) groups excluding carboxylic acids is 1. The second-order valence-corrected chi connectivity index (χ2v) is 14.0. The first-order valence-electron chi connectivity index (χ1n) is 13.3. The lowest BCUT2D eigenvalue weighted by atomic mass is 9.77. The van der Waals surface area contributed by atoms with Crippen molar-refractivity contribution in [2.24, 2.45) is 5.41 Å². The van der Waals surface area contributed by atoms with Crippen molar-refractivity contribution in [3.05, 3.63) is 71.9 Å². The van der Waals surface area contributed by atoms with Gasteiger partial charge in [0.05, 0.1) is 19.3 Å². The van der Waals surface area contributed by atoms with Gasteiger partial charge in [-0.2, -0.15) is 4.98 Å². The zero-order valence-corrected chi connectivity index (χ0v) is 24.8. The van der Waals surface area contributed by atoms with E-state index >= 15 is 0 Å². The molecule has 3 aromatic rings. The Balaban J connectivity index is 1.56. The predicted octanol–water partition coefficient (Wildman–Crippen LogP) is 3.65. The molecule has 2 saturated heterocycles. The summed E-state index contributed by atoms with van der Waals surface area (Å²) < 4.78 is 18.4. The van der Waals surface area contributed by atoms with Crippen molar-refractivity contribution >= 4 is 48.9 Å². The summed E-state index contributed by atoms with van der Waals surface area (Å²) in [6.45, 7) is 11.0. The van der Waals surface area contributed by atoms with E-state index in [4.69, 9.17) is 30.5 Å². The quantitative estimate of drug-likeness (QED) is 0.319. The van der Waals surface area contributed by atoms with E-state index in [1.165, 1.54) is 0 Å². The van der Waals surface area contributed by atoms with E-state index in [2.05, 4.69) is 50.0 Å². The molecule has 3 heterocycles. The van der Waals surface area contributed by atoms with Crippen molar-refractivity contribution in [3.63, 3.8) is 0 Å². The molecule has 206 valence electrons. The summed E-state index contributed by atoms with van der Waals surface area (Å²) in [5, 5.41) is 2.59. The average molecular weight is 567 g/mol. The first-order chi connectivity index (χ1) is 18.7. The number of cyclic esters (lactones) is 1. The van der Waals surface area contributed by atoms with Gasteiger partial charge in [0, 0.05) is 19.2 Å². The molecule has 2 fully saturated rings. The highest BCUT2D eigenvalue weighted by Crippen LogP contribution is 2.41. The predicted molar refractivity (Wildman–Crippen MR) is 156 cm³/mol. The van der Waals surface area contributed by atoms with Crippen LogP contribution in [0.4, 0.5) is 16.6 Å². The van der Waals surface area contributed by atoms with Gasteiger partial charge in [-0.05, 0) is 22.7 Å². The second-order valence-electron chi connectivity index (χ2n) is 11.3. The second kappa shape index (κ2) is 11.2. The molecule has 0 saturated carbocycles. The Hall–Kier alpha value is -2.98. The molecule has 8 nitrogen and oxygen atoms in total. The van der Waals surface area contributed by atoms with Crippen molar-refractivity contribution in [1.82, 2.24) is 9.97 Å². The van der Waals surface area contributed by atoms with Crippen LogP contribution in [-0.2, 0) is 13.9 Å². The van der Waals surface area contributed by atoms with Crippen molar-refractivity contribution in [3.8, 4) is 0 Å². The van der Waals surface area contributed by atoms with E-state index in [9.17, 15) is 4.79 Å². The number of aromatic nitrogens is 2. The third kappa shape index (κ3) is 5.82. The molecule has 39 heavy (non-hydrogen) atoms. The molecule has 1 aromatic heterocycles. The molecule has 0 bridgehead atoms. The Bertz CT molecular complexity index is 1250. The maximum atomic E-state index is 13.4. The van der Waals surface area contributed by atoms with E-state index in [-0.39, 0.29) is 17.2 Å². The molecule has 0 radical (unpaired) electrons. The standard InChI is InChI=1S/C29H35ClN4O4Si/c1-28(2,3)25(38-39(21-11-7-5-8-12-21)22-13-9-6-10-14-22)29(4)20-37-27(35)34(29)24-19-23(30)31-26(32-24)33-15-17-36-18-16-33/h5-14,19,25,39H,15-18,20H2,1-4H3. The van der Waals surface area contributed by atoms with Gasteiger partial charge >= 0.3 is 6.09 Å². The first-order valence-corrected chi connectivity index (χ1v) is 15.3. The molecule has 0 spiro atoms. The lowest BCUT2D eigenvalue weighted by Crippen LogP contribution is -2.63. The fourth-order valence-corrected chi connectivity index (χ4v) is 8.52. The minimum Gasteiger partial charge on any atom is -0.446 e. The van der Waals surface area contributed by atoms with Gasteiger partial charge in [-0.1, -0.05) is 93.0 Å². The average Bonchev–Trinajstić information content (AvgIpc) is 3.23. The largest absolute Gasteiger partial charge is 0.446 e. The smallest absolute Gasteiger partial charge is 0.416 e. The molecular formula is C29H35ClN4O4Si. The van der Waals surface area contributed by atoms with Gasteiger partial charge in [-0.15, -0.1) is 0 Å². The van der Waals surface area contributed by atoms with Crippen LogP contribution in [0.1, 0.15) is 27.7 Å². The molecular weight excluding hydrogens is 532 g/mol. The number of halogens is 1. The summed E-state index contributed by atoms with van der Waals surface area (Å²) >= 11 is 6.49. The molecule has 0 N–H and O–H groups in total. The third-order valence-corrected chi connectivity index (χ3v) is 9.92. The van der Waals surface area contributed by atoms with Crippen LogP contribution in [0.15, 0.2) is 66.7 Å². The maximum absolute atomic E-state index is 13.4. The van der Waals surface area contributed by atoms with Crippen molar-refractivity contribution in [2.45, 2.75) is 39.3 Å². The van der Waals surface area contributed by atoms with Crippen LogP contribution < -0.4 is 20.2 Å². The minimum atomic E-state index is -2.17. The Kier molecular flexibility index (Phi) is 7.95. The van der Waals surface area contributed by atoms with Crippen LogP contribution in [0.25, 0.3) is 0 Å². The van der Waals surface area contributed by atoms with Crippen LogP contribution in [0.5, 0.6) is 0 Å². The number of morpholine rings is 1. The van der Waals surface area contributed by atoms with E-state index in [1.54, 1.807) is 11.0 Å². The third-order valence-electron chi connectivity index (χ3n) is 7.20. The van der Waals surface area contributed by atoms with Crippen molar-refractivity contribution < 1.29 is 18.7 Å². The number of nitrogens with zero attached hydrogens (tertiary/aromatic N) is 4. The lowest BCUT2D eigenvalue weighted by molar-refractivity contribution is 0.0189. The number of anilines is 2. The minimum absolute atomic E-state index is 0.160. The fourth-order valence-electron chi connectivity index (χ4n) is 5.53. The van der Waals surface area contributed by atoms with Crippen LogP contribution in [0, 0.1) is 5.41 Å². The highest BCUT2D eigenvalue weighted by atomic mass is 35.5. The number of rotatable bonds is 7. The van der Waals surface area contributed by atoms with E-state index in [0.29, 0.717) is 38.1 Å². The number of hydrogen-bond donors (Lipinski definition) is 0. The highest BCUT2D eigenvalue weighted by molar-refractivity contribution is 6.80. The molecule has 10 heteroatoms. The van der Waals surface area contributed by atoms with Crippen LogP contribution in [0.3, 0.4) is 0 Å². The van der Waals surface area contributed by atoms with Crippen molar-refractivity contribution in [1.29, 1.82) is 0 Å².